The monoisotopic (exact) mass is 260 g/mol. The first-order valence-electron chi connectivity index (χ1n) is 5.37. The third kappa shape index (κ3) is 2.51. The molecule has 8 heteroatoms. The van der Waals surface area contributed by atoms with Gasteiger partial charge in [0.1, 0.15) is 5.82 Å². The summed E-state index contributed by atoms with van der Waals surface area (Å²) in [6, 6.07) is 3.32. The van der Waals surface area contributed by atoms with E-state index in [-0.39, 0.29) is 17.6 Å². The highest BCUT2D eigenvalue weighted by Crippen LogP contribution is 2.13. The molecule has 2 rings (SSSR count). The predicted octanol–water partition coefficient (Wildman–Crippen LogP) is 0.460. The number of hydrogen-bond acceptors (Lipinski definition) is 5. The Bertz CT molecular complexity index is 634. The van der Waals surface area contributed by atoms with Crippen LogP contribution in [-0.4, -0.2) is 32.1 Å². The van der Waals surface area contributed by atoms with Gasteiger partial charge in [-0.15, -0.1) is 0 Å². The number of nitrogens with two attached hydrogens (primary N) is 1. The molecule has 0 saturated carbocycles. The van der Waals surface area contributed by atoms with E-state index in [1.807, 2.05) is 0 Å². The zero-order valence-corrected chi connectivity index (χ0v) is 10.1. The molecule has 0 aliphatic heterocycles. The second kappa shape index (κ2) is 5.17. The van der Waals surface area contributed by atoms with Gasteiger partial charge in [-0.25, -0.2) is 0 Å². The van der Waals surface area contributed by atoms with Crippen LogP contribution >= 0.6 is 0 Å². The van der Waals surface area contributed by atoms with Crippen LogP contribution in [-0.2, 0) is 0 Å². The topological polar surface area (TPSA) is 129 Å². The molecule has 0 unspecified atom stereocenters. The summed E-state index contributed by atoms with van der Waals surface area (Å²) in [4.78, 5) is 16.1. The molecule has 0 saturated heterocycles. The fraction of sp³-hybridized carbons (Fsp3) is 0.0909. The van der Waals surface area contributed by atoms with Gasteiger partial charge in [-0.05, 0) is 19.1 Å². The van der Waals surface area contributed by atoms with Gasteiger partial charge in [-0.3, -0.25) is 14.9 Å². The molecule has 0 aliphatic carbocycles. The molecule has 5 N–H and O–H groups in total. The fourth-order valence-corrected chi connectivity index (χ4v) is 1.53. The molecule has 0 aromatic carbocycles. The third-order valence-electron chi connectivity index (χ3n) is 2.51. The standard InChI is InChI=1S/C11H12N6O2/c1-6-7(3-2-4-13-6)11(18)15-10-8(5-14-16-10)9(12)17-19/h2-5,19H,1H3,(H2,12,17)(H2,14,15,16,18). The Hall–Kier alpha value is -2.90. The molecular formula is C11H12N6O2. The summed E-state index contributed by atoms with van der Waals surface area (Å²) < 4.78 is 0. The van der Waals surface area contributed by atoms with Crippen LogP contribution in [0.1, 0.15) is 21.6 Å². The van der Waals surface area contributed by atoms with Crippen molar-refractivity contribution in [3.63, 3.8) is 0 Å². The molecule has 2 aromatic heterocycles. The number of aryl methyl sites for hydroxylation is 1. The molecule has 0 spiro atoms. The zero-order chi connectivity index (χ0) is 13.8. The van der Waals surface area contributed by atoms with Crippen LogP contribution in [0.4, 0.5) is 5.82 Å². The van der Waals surface area contributed by atoms with Gasteiger partial charge in [0.2, 0.25) is 0 Å². The molecule has 0 radical (unpaired) electrons. The first-order chi connectivity index (χ1) is 9.13. The second-order valence-corrected chi connectivity index (χ2v) is 3.73. The van der Waals surface area contributed by atoms with E-state index < -0.39 is 0 Å². The van der Waals surface area contributed by atoms with Gasteiger partial charge in [-0.2, -0.15) is 5.10 Å². The van der Waals surface area contributed by atoms with Gasteiger partial charge in [0.15, 0.2) is 5.84 Å². The molecule has 98 valence electrons. The maximum absolute atomic E-state index is 12.1. The van der Waals surface area contributed by atoms with E-state index in [9.17, 15) is 4.79 Å². The van der Waals surface area contributed by atoms with Gasteiger partial charge < -0.3 is 16.3 Å². The minimum absolute atomic E-state index is 0.146. The van der Waals surface area contributed by atoms with E-state index in [4.69, 9.17) is 10.9 Å². The van der Waals surface area contributed by atoms with Gasteiger partial charge >= 0.3 is 0 Å². The summed E-state index contributed by atoms with van der Waals surface area (Å²) in [6.45, 7) is 1.73. The van der Waals surface area contributed by atoms with Crippen molar-refractivity contribution in [2.45, 2.75) is 6.92 Å². The van der Waals surface area contributed by atoms with Crippen molar-refractivity contribution in [3.05, 3.63) is 41.3 Å². The van der Waals surface area contributed by atoms with Crippen LogP contribution in [0, 0.1) is 6.92 Å². The van der Waals surface area contributed by atoms with Crippen LogP contribution < -0.4 is 11.1 Å². The Morgan fingerprint density at radius 1 is 1.53 bits per heavy atom. The van der Waals surface area contributed by atoms with Crippen molar-refractivity contribution in [2.75, 3.05) is 5.32 Å². The lowest BCUT2D eigenvalue weighted by atomic mass is 10.2. The third-order valence-corrected chi connectivity index (χ3v) is 2.51. The van der Waals surface area contributed by atoms with Crippen LogP contribution in [0.2, 0.25) is 0 Å². The lowest BCUT2D eigenvalue weighted by Crippen LogP contribution is -2.19. The van der Waals surface area contributed by atoms with Crippen LogP contribution in [0.3, 0.4) is 0 Å². The number of pyridine rings is 1. The minimum Gasteiger partial charge on any atom is -0.409 e. The molecule has 0 bridgehead atoms. The minimum atomic E-state index is -0.359. The van der Waals surface area contributed by atoms with E-state index in [1.54, 1.807) is 25.3 Å². The van der Waals surface area contributed by atoms with Crippen LogP contribution in [0.15, 0.2) is 29.7 Å². The number of H-pyrrole nitrogens is 1. The smallest absolute Gasteiger partial charge is 0.258 e. The Balaban J connectivity index is 2.26. The zero-order valence-electron chi connectivity index (χ0n) is 10.1. The molecule has 0 aliphatic rings. The van der Waals surface area contributed by atoms with Crippen molar-refractivity contribution < 1.29 is 10.0 Å². The average Bonchev–Trinajstić information content (AvgIpc) is 2.86. The first-order valence-corrected chi connectivity index (χ1v) is 5.37. The number of aromatic nitrogens is 3. The number of carbonyl (C=O) groups is 1. The number of oxime groups is 1. The van der Waals surface area contributed by atoms with E-state index >= 15 is 0 Å². The van der Waals surface area contributed by atoms with E-state index in [1.165, 1.54) is 6.20 Å². The summed E-state index contributed by atoms with van der Waals surface area (Å²) in [7, 11) is 0. The highest BCUT2D eigenvalue weighted by molar-refractivity contribution is 6.09. The average molecular weight is 260 g/mol. The van der Waals surface area contributed by atoms with Crippen molar-refractivity contribution >= 4 is 17.6 Å². The highest BCUT2D eigenvalue weighted by atomic mass is 16.4. The quantitative estimate of drug-likeness (QED) is 0.276. The summed E-state index contributed by atoms with van der Waals surface area (Å²) in [5.41, 5.74) is 6.80. The van der Waals surface area contributed by atoms with Crippen LogP contribution in [0.5, 0.6) is 0 Å². The summed E-state index contributed by atoms with van der Waals surface area (Å²) >= 11 is 0. The number of anilines is 1. The highest BCUT2D eigenvalue weighted by Gasteiger charge is 2.15. The molecule has 1 amide bonds. The number of nitrogens with zero attached hydrogens (tertiary/aromatic N) is 3. The van der Waals surface area contributed by atoms with Crippen LogP contribution in [0.25, 0.3) is 0 Å². The number of rotatable bonds is 3. The Morgan fingerprint density at radius 2 is 2.32 bits per heavy atom. The molecular weight excluding hydrogens is 248 g/mol. The van der Waals surface area contributed by atoms with E-state index in [0.717, 1.165) is 0 Å². The molecule has 19 heavy (non-hydrogen) atoms. The van der Waals surface area contributed by atoms with Gasteiger partial charge in [0.25, 0.3) is 5.91 Å². The van der Waals surface area contributed by atoms with Crippen molar-refractivity contribution in [3.8, 4) is 0 Å². The number of amidine groups is 1. The SMILES string of the molecule is Cc1ncccc1C(=O)Nc1[nH]ncc1C(N)=NO. The Kier molecular flexibility index (Phi) is 3.42. The number of hydrogen-bond donors (Lipinski definition) is 4. The summed E-state index contributed by atoms with van der Waals surface area (Å²) in [5, 5.41) is 20.4. The first kappa shape index (κ1) is 12.6. The van der Waals surface area contributed by atoms with Crippen molar-refractivity contribution in [1.82, 2.24) is 15.2 Å². The van der Waals surface area contributed by atoms with Crippen molar-refractivity contribution in [2.24, 2.45) is 10.9 Å². The predicted molar refractivity (Wildman–Crippen MR) is 68.0 cm³/mol. The lowest BCUT2D eigenvalue weighted by molar-refractivity contribution is 0.102. The van der Waals surface area contributed by atoms with Gasteiger partial charge in [0, 0.05) is 11.9 Å². The van der Waals surface area contributed by atoms with E-state index in [2.05, 4.69) is 25.7 Å². The number of aromatic amines is 1. The normalized spacial score (nSPS) is 11.3. The summed E-state index contributed by atoms with van der Waals surface area (Å²) in [6.07, 6.45) is 2.95. The largest absolute Gasteiger partial charge is 0.409 e. The number of nitrogens with one attached hydrogen (secondary N) is 2. The van der Waals surface area contributed by atoms with Gasteiger partial charge in [-0.1, -0.05) is 5.16 Å². The van der Waals surface area contributed by atoms with E-state index in [0.29, 0.717) is 16.8 Å². The number of amides is 1. The van der Waals surface area contributed by atoms with Crippen molar-refractivity contribution in [1.29, 1.82) is 0 Å². The second-order valence-electron chi connectivity index (χ2n) is 3.73. The molecule has 8 nitrogen and oxygen atoms in total. The molecule has 2 heterocycles. The molecule has 0 atom stereocenters. The fourth-order valence-electron chi connectivity index (χ4n) is 1.53. The number of carbonyl (C=O) groups excluding carboxylic acids is 1. The molecule has 0 fully saturated rings. The lowest BCUT2D eigenvalue weighted by Gasteiger charge is -2.06. The maximum atomic E-state index is 12.1. The van der Waals surface area contributed by atoms with Gasteiger partial charge in [0.05, 0.1) is 17.3 Å². The Morgan fingerprint density at radius 3 is 3.00 bits per heavy atom. The summed E-state index contributed by atoms with van der Waals surface area (Å²) in [5.74, 6) is -0.252. The molecule has 2 aromatic rings. The Labute approximate surface area is 108 Å². The maximum Gasteiger partial charge on any atom is 0.258 e.